The summed E-state index contributed by atoms with van der Waals surface area (Å²) in [6.45, 7) is 9.21. The summed E-state index contributed by atoms with van der Waals surface area (Å²) in [5, 5.41) is 16.3. The maximum absolute atomic E-state index is 9.99. The van der Waals surface area contributed by atoms with Gasteiger partial charge in [0.1, 0.15) is 18.5 Å². The molecule has 1 aromatic carbocycles. The minimum absolute atomic E-state index is 0.214. The lowest BCUT2D eigenvalue weighted by molar-refractivity contribution is 0.114. The Morgan fingerprint density at radius 1 is 1.30 bits per heavy atom. The molecule has 130 valence electrons. The van der Waals surface area contributed by atoms with Crippen LogP contribution >= 0.6 is 0 Å². The van der Waals surface area contributed by atoms with Gasteiger partial charge in [0, 0.05) is 19.7 Å². The van der Waals surface area contributed by atoms with Gasteiger partial charge in [-0.2, -0.15) is 0 Å². The number of benzene rings is 1. The predicted molar refractivity (Wildman–Crippen MR) is 93.2 cm³/mol. The molecule has 6 heteroatoms. The molecule has 0 aliphatic heterocycles. The highest BCUT2D eigenvalue weighted by molar-refractivity contribution is 5.79. The lowest BCUT2D eigenvalue weighted by atomic mass is 10.2. The van der Waals surface area contributed by atoms with E-state index in [0.29, 0.717) is 25.7 Å². The van der Waals surface area contributed by atoms with Gasteiger partial charge in [-0.3, -0.25) is 4.99 Å². The fraction of sp³-hybridized carbons (Fsp3) is 0.588. The van der Waals surface area contributed by atoms with Crippen molar-refractivity contribution in [1.82, 2.24) is 10.6 Å². The molecule has 1 unspecified atom stereocenters. The average molecular weight is 323 g/mol. The number of aryl methyl sites for hydroxylation is 1. The van der Waals surface area contributed by atoms with Gasteiger partial charge < -0.3 is 25.2 Å². The fourth-order valence-corrected chi connectivity index (χ4v) is 1.87. The second kappa shape index (κ2) is 11.7. The van der Waals surface area contributed by atoms with Crippen LogP contribution in [0.3, 0.4) is 0 Å². The normalized spacial score (nSPS) is 12.8. The Bertz CT molecular complexity index is 466. The van der Waals surface area contributed by atoms with E-state index in [-0.39, 0.29) is 13.2 Å². The van der Waals surface area contributed by atoms with E-state index in [1.54, 1.807) is 0 Å². The van der Waals surface area contributed by atoms with E-state index in [4.69, 9.17) is 9.47 Å². The average Bonchev–Trinajstić information content (AvgIpc) is 2.54. The first kappa shape index (κ1) is 19.3. The monoisotopic (exact) mass is 323 g/mol. The van der Waals surface area contributed by atoms with Gasteiger partial charge in [-0.25, -0.2) is 0 Å². The van der Waals surface area contributed by atoms with Crippen LogP contribution in [0.15, 0.2) is 29.3 Å². The second-order valence-electron chi connectivity index (χ2n) is 5.12. The molecule has 0 amide bonds. The molecule has 1 rings (SSSR count). The van der Waals surface area contributed by atoms with Crippen LogP contribution in [0, 0.1) is 6.92 Å². The maximum Gasteiger partial charge on any atom is 0.191 e. The van der Waals surface area contributed by atoms with E-state index in [1.165, 1.54) is 0 Å². The topological polar surface area (TPSA) is 75.1 Å². The maximum atomic E-state index is 9.99. The molecule has 0 aliphatic rings. The minimum Gasteiger partial charge on any atom is -0.491 e. The third-order valence-corrected chi connectivity index (χ3v) is 2.98. The molecule has 0 spiro atoms. The van der Waals surface area contributed by atoms with E-state index in [1.807, 2.05) is 45.0 Å². The summed E-state index contributed by atoms with van der Waals surface area (Å²) in [7, 11) is 0. The van der Waals surface area contributed by atoms with Gasteiger partial charge in [-0.05, 0) is 38.5 Å². The number of hydrogen-bond donors (Lipinski definition) is 3. The number of aliphatic hydroxyl groups is 1. The van der Waals surface area contributed by atoms with Crippen molar-refractivity contribution in [2.75, 3.05) is 39.5 Å². The van der Waals surface area contributed by atoms with Gasteiger partial charge in [0.05, 0.1) is 13.2 Å². The van der Waals surface area contributed by atoms with Crippen molar-refractivity contribution < 1.29 is 14.6 Å². The number of guanidine groups is 1. The SMILES string of the molecule is CCNC(=NCC(O)COc1cccc(C)c1)NCCOCC. The molecule has 0 bridgehead atoms. The number of aliphatic hydroxyl groups excluding tert-OH is 1. The standard InChI is InChI=1S/C17H29N3O3/c1-4-18-17(19-9-10-22-5-2)20-12-15(21)13-23-16-8-6-7-14(3)11-16/h6-8,11,15,21H,4-5,9-10,12-13H2,1-3H3,(H2,18,19,20). The zero-order chi connectivity index (χ0) is 16.9. The van der Waals surface area contributed by atoms with Gasteiger partial charge in [-0.1, -0.05) is 12.1 Å². The minimum atomic E-state index is -0.655. The quantitative estimate of drug-likeness (QED) is 0.344. The first-order valence-electron chi connectivity index (χ1n) is 8.13. The Morgan fingerprint density at radius 2 is 2.13 bits per heavy atom. The Morgan fingerprint density at radius 3 is 2.83 bits per heavy atom. The smallest absolute Gasteiger partial charge is 0.191 e. The zero-order valence-electron chi connectivity index (χ0n) is 14.3. The van der Waals surface area contributed by atoms with E-state index in [0.717, 1.165) is 17.9 Å². The van der Waals surface area contributed by atoms with Crippen molar-refractivity contribution in [3.8, 4) is 5.75 Å². The second-order valence-corrected chi connectivity index (χ2v) is 5.12. The molecule has 3 N–H and O–H groups in total. The van der Waals surface area contributed by atoms with E-state index in [9.17, 15) is 5.11 Å². The van der Waals surface area contributed by atoms with Crippen molar-refractivity contribution in [3.63, 3.8) is 0 Å². The van der Waals surface area contributed by atoms with Gasteiger partial charge in [0.2, 0.25) is 0 Å². The molecular weight excluding hydrogens is 294 g/mol. The summed E-state index contributed by atoms with van der Waals surface area (Å²) < 4.78 is 10.8. The van der Waals surface area contributed by atoms with Gasteiger partial charge in [-0.15, -0.1) is 0 Å². The van der Waals surface area contributed by atoms with Crippen LogP contribution in [0.4, 0.5) is 0 Å². The molecule has 0 radical (unpaired) electrons. The highest BCUT2D eigenvalue weighted by Crippen LogP contribution is 2.12. The number of aliphatic imine (C=N–C) groups is 1. The van der Waals surface area contributed by atoms with E-state index in [2.05, 4.69) is 15.6 Å². The number of nitrogens with zero attached hydrogens (tertiary/aromatic N) is 1. The Hall–Kier alpha value is -1.79. The Balaban J connectivity index is 2.35. The van der Waals surface area contributed by atoms with Gasteiger partial charge in [0.25, 0.3) is 0 Å². The summed E-state index contributed by atoms with van der Waals surface area (Å²) in [4.78, 5) is 4.35. The van der Waals surface area contributed by atoms with Crippen molar-refractivity contribution in [2.45, 2.75) is 26.9 Å². The van der Waals surface area contributed by atoms with Crippen molar-refractivity contribution >= 4 is 5.96 Å². The summed E-state index contributed by atoms with van der Waals surface area (Å²) in [5.41, 5.74) is 1.13. The molecule has 0 aromatic heterocycles. The fourth-order valence-electron chi connectivity index (χ4n) is 1.87. The number of nitrogens with one attached hydrogen (secondary N) is 2. The molecule has 1 aromatic rings. The summed E-state index contributed by atoms with van der Waals surface area (Å²) >= 11 is 0. The van der Waals surface area contributed by atoms with Crippen LogP contribution in [-0.4, -0.2) is 56.6 Å². The zero-order valence-corrected chi connectivity index (χ0v) is 14.3. The molecule has 6 nitrogen and oxygen atoms in total. The van der Waals surface area contributed by atoms with Crippen molar-refractivity contribution in [3.05, 3.63) is 29.8 Å². The molecule has 1 atom stereocenters. The molecule has 0 aliphatic carbocycles. The van der Waals surface area contributed by atoms with E-state index >= 15 is 0 Å². The van der Waals surface area contributed by atoms with Crippen LogP contribution in [0.2, 0.25) is 0 Å². The molecule has 0 saturated heterocycles. The highest BCUT2D eigenvalue weighted by Gasteiger charge is 2.06. The van der Waals surface area contributed by atoms with Crippen LogP contribution in [0.25, 0.3) is 0 Å². The third kappa shape index (κ3) is 9.05. The van der Waals surface area contributed by atoms with Crippen LogP contribution < -0.4 is 15.4 Å². The van der Waals surface area contributed by atoms with Gasteiger partial charge in [0.15, 0.2) is 5.96 Å². The van der Waals surface area contributed by atoms with Crippen LogP contribution in [0.5, 0.6) is 5.75 Å². The highest BCUT2D eigenvalue weighted by atomic mass is 16.5. The van der Waals surface area contributed by atoms with Crippen molar-refractivity contribution in [2.24, 2.45) is 4.99 Å². The van der Waals surface area contributed by atoms with E-state index < -0.39 is 6.10 Å². The summed E-state index contributed by atoms with van der Waals surface area (Å²) in [6.07, 6.45) is -0.655. The lowest BCUT2D eigenvalue weighted by Crippen LogP contribution is -2.39. The van der Waals surface area contributed by atoms with Crippen LogP contribution in [-0.2, 0) is 4.74 Å². The first-order valence-corrected chi connectivity index (χ1v) is 8.13. The number of hydrogen-bond acceptors (Lipinski definition) is 4. The molecule has 0 heterocycles. The predicted octanol–water partition coefficient (Wildman–Crippen LogP) is 1.33. The molecule has 0 saturated carbocycles. The van der Waals surface area contributed by atoms with Gasteiger partial charge >= 0.3 is 0 Å². The first-order chi connectivity index (χ1) is 11.2. The number of ether oxygens (including phenoxy) is 2. The summed E-state index contributed by atoms with van der Waals surface area (Å²) in [5.74, 6) is 1.43. The molecular formula is C17H29N3O3. The van der Waals surface area contributed by atoms with Crippen molar-refractivity contribution in [1.29, 1.82) is 0 Å². The third-order valence-electron chi connectivity index (χ3n) is 2.98. The van der Waals surface area contributed by atoms with Crippen LogP contribution in [0.1, 0.15) is 19.4 Å². The molecule has 0 fully saturated rings. The Kier molecular flexibility index (Phi) is 9.83. The number of rotatable bonds is 10. The lowest BCUT2D eigenvalue weighted by Gasteiger charge is -2.14. The Labute approximate surface area is 138 Å². The largest absolute Gasteiger partial charge is 0.491 e. The molecule has 23 heavy (non-hydrogen) atoms. The summed E-state index contributed by atoms with van der Waals surface area (Å²) in [6, 6.07) is 7.75.